The Bertz CT molecular complexity index is 564. The molecule has 0 aliphatic heterocycles. The molecule has 4 rings (SSSR count). The Morgan fingerprint density at radius 3 is 2.50 bits per heavy atom. The second-order valence-electron chi connectivity index (χ2n) is 9.75. The molecule has 0 aromatic heterocycles. The zero-order chi connectivity index (χ0) is 18.5. The van der Waals surface area contributed by atoms with Crippen LogP contribution in [0.25, 0.3) is 0 Å². The average Bonchev–Trinajstić information content (AvgIpc) is 3.02. The van der Waals surface area contributed by atoms with Crippen LogP contribution < -0.4 is 0 Å². The average molecular weight is 363 g/mol. The maximum atomic E-state index is 9.90. The van der Waals surface area contributed by atoms with Gasteiger partial charge >= 0.3 is 0 Å². The van der Waals surface area contributed by atoms with Crippen LogP contribution in [0.2, 0.25) is 0 Å². The summed E-state index contributed by atoms with van der Waals surface area (Å²) in [6.07, 6.45) is 11.0. The molecule has 1 N–H and O–H groups in total. The maximum Gasteiger partial charge on any atom is 0.174 e. The van der Waals surface area contributed by atoms with E-state index in [0.29, 0.717) is 23.9 Å². The molecule has 4 aliphatic carbocycles. The number of ether oxygens (including phenoxy) is 2. The summed E-state index contributed by atoms with van der Waals surface area (Å²) in [5, 5.41) is 9.90. The first-order valence-corrected chi connectivity index (χ1v) is 10.9. The highest BCUT2D eigenvalue weighted by molar-refractivity contribution is 5.29. The van der Waals surface area contributed by atoms with Crippen molar-refractivity contribution in [1.82, 2.24) is 0 Å². The number of fused-ring (bicyclic) bond motifs is 4. The summed E-state index contributed by atoms with van der Waals surface area (Å²) in [6.45, 7) is 5.16. The number of hydrogen-bond acceptors (Lipinski definition) is 3. The fourth-order valence-corrected chi connectivity index (χ4v) is 7.67. The molecule has 0 bridgehead atoms. The predicted octanol–water partition coefficient (Wildman–Crippen LogP) is 4.94. The van der Waals surface area contributed by atoms with Gasteiger partial charge < -0.3 is 14.6 Å². The Morgan fingerprint density at radius 1 is 1.08 bits per heavy atom. The minimum absolute atomic E-state index is 0.385. The van der Waals surface area contributed by atoms with Crippen LogP contribution in [0.15, 0.2) is 11.1 Å². The lowest BCUT2D eigenvalue weighted by Gasteiger charge is -2.54. The molecule has 0 amide bonds. The van der Waals surface area contributed by atoms with Crippen molar-refractivity contribution in [3.63, 3.8) is 0 Å². The molecule has 0 heterocycles. The first-order chi connectivity index (χ1) is 12.5. The van der Waals surface area contributed by atoms with Crippen molar-refractivity contribution >= 4 is 0 Å². The molecule has 2 saturated carbocycles. The van der Waals surface area contributed by atoms with E-state index in [9.17, 15) is 5.11 Å². The van der Waals surface area contributed by atoms with Gasteiger partial charge in [-0.1, -0.05) is 25.0 Å². The van der Waals surface area contributed by atoms with E-state index in [1.165, 1.54) is 44.9 Å². The number of methoxy groups -OCH3 is 2. The van der Waals surface area contributed by atoms with Crippen molar-refractivity contribution in [3.8, 4) is 0 Å². The lowest BCUT2D eigenvalue weighted by atomic mass is 9.52. The Balaban J connectivity index is 1.62. The van der Waals surface area contributed by atoms with E-state index in [2.05, 4.69) is 13.8 Å². The van der Waals surface area contributed by atoms with Gasteiger partial charge in [0.15, 0.2) is 5.79 Å². The SMILES string of the molecule is CCC1CC2=C(CC[C@@H]3[C@@H]2CC[C@]2(C)C(CO)CC[C@@H]32)CC1(OC)OC. The molecule has 4 aliphatic rings. The summed E-state index contributed by atoms with van der Waals surface area (Å²) >= 11 is 0. The molecule has 0 aromatic carbocycles. The van der Waals surface area contributed by atoms with Gasteiger partial charge in [0.25, 0.3) is 0 Å². The number of hydrogen-bond donors (Lipinski definition) is 1. The highest BCUT2D eigenvalue weighted by Crippen LogP contribution is 2.63. The predicted molar refractivity (Wildman–Crippen MR) is 104 cm³/mol. The second-order valence-corrected chi connectivity index (χ2v) is 9.75. The molecular formula is C23H38O3. The number of aliphatic hydroxyl groups is 1. The molecule has 26 heavy (non-hydrogen) atoms. The van der Waals surface area contributed by atoms with Crippen LogP contribution in [-0.2, 0) is 9.47 Å². The normalized spacial score (nSPS) is 44.4. The summed E-state index contributed by atoms with van der Waals surface area (Å²) in [7, 11) is 3.64. The molecular weight excluding hydrogens is 324 g/mol. The van der Waals surface area contributed by atoms with Gasteiger partial charge in [-0.3, -0.25) is 0 Å². The fourth-order valence-electron chi connectivity index (χ4n) is 7.67. The van der Waals surface area contributed by atoms with Crippen LogP contribution in [0.4, 0.5) is 0 Å². The topological polar surface area (TPSA) is 38.7 Å². The van der Waals surface area contributed by atoms with Gasteiger partial charge in [-0.05, 0) is 80.5 Å². The minimum atomic E-state index is -0.404. The van der Waals surface area contributed by atoms with Gasteiger partial charge in [0.1, 0.15) is 0 Å². The van der Waals surface area contributed by atoms with Crippen molar-refractivity contribution in [1.29, 1.82) is 0 Å². The Labute approximate surface area is 159 Å². The summed E-state index contributed by atoms with van der Waals surface area (Å²) in [5.41, 5.74) is 3.82. The molecule has 2 fully saturated rings. The molecule has 3 nitrogen and oxygen atoms in total. The van der Waals surface area contributed by atoms with Crippen LogP contribution in [0.1, 0.15) is 71.6 Å². The monoisotopic (exact) mass is 362 g/mol. The lowest BCUT2D eigenvalue weighted by molar-refractivity contribution is -0.244. The zero-order valence-corrected chi connectivity index (χ0v) is 17.2. The van der Waals surface area contributed by atoms with E-state index < -0.39 is 5.79 Å². The molecule has 148 valence electrons. The van der Waals surface area contributed by atoms with Gasteiger partial charge in [-0.2, -0.15) is 0 Å². The van der Waals surface area contributed by atoms with E-state index in [1.807, 2.05) is 14.2 Å². The van der Waals surface area contributed by atoms with Gasteiger partial charge in [0, 0.05) is 33.2 Å². The number of aliphatic hydroxyl groups excluding tert-OH is 1. The highest BCUT2D eigenvalue weighted by atomic mass is 16.7. The van der Waals surface area contributed by atoms with Crippen molar-refractivity contribution in [3.05, 3.63) is 11.1 Å². The van der Waals surface area contributed by atoms with Crippen LogP contribution in [0.5, 0.6) is 0 Å². The van der Waals surface area contributed by atoms with Crippen LogP contribution in [-0.4, -0.2) is 31.7 Å². The van der Waals surface area contributed by atoms with Crippen molar-refractivity contribution in [2.24, 2.45) is 35.0 Å². The smallest absolute Gasteiger partial charge is 0.174 e. The lowest BCUT2D eigenvalue weighted by Crippen LogP contribution is -2.49. The summed E-state index contributed by atoms with van der Waals surface area (Å²) in [5.74, 6) is 3.06. The molecule has 6 atom stereocenters. The first-order valence-electron chi connectivity index (χ1n) is 10.9. The Hall–Kier alpha value is -0.380. The van der Waals surface area contributed by atoms with Crippen LogP contribution >= 0.6 is 0 Å². The van der Waals surface area contributed by atoms with Gasteiger partial charge in [-0.15, -0.1) is 0 Å². The first kappa shape index (κ1) is 19.0. The van der Waals surface area contributed by atoms with Crippen molar-refractivity contribution in [2.45, 2.75) is 77.4 Å². The molecule has 0 aromatic rings. The van der Waals surface area contributed by atoms with Gasteiger partial charge in [-0.25, -0.2) is 0 Å². The standard InChI is InChI=1S/C23H38O3/c1-5-16-12-20-15(13-23(16,25-3)26-4)6-8-19-18(20)10-11-22(2)17(14-24)7-9-21(19)22/h16-19,21,24H,5-14H2,1-4H3/t16?,17?,18-,19+,21-,22+/m0/s1. The van der Waals surface area contributed by atoms with E-state index in [4.69, 9.17) is 9.47 Å². The van der Waals surface area contributed by atoms with Crippen LogP contribution in [0, 0.1) is 35.0 Å². The van der Waals surface area contributed by atoms with E-state index in [1.54, 1.807) is 11.1 Å². The van der Waals surface area contributed by atoms with E-state index in [0.717, 1.165) is 30.6 Å². The minimum Gasteiger partial charge on any atom is -0.396 e. The third-order valence-corrected chi connectivity index (χ3v) is 9.27. The molecule has 0 spiro atoms. The molecule has 3 heteroatoms. The number of allylic oxidation sites excluding steroid dienone is 1. The van der Waals surface area contributed by atoms with Crippen molar-refractivity contribution in [2.75, 3.05) is 20.8 Å². The van der Waals surface area contributed by atoms with E-state index >= 15 is 0 Å². The van der Waals surface area contributed by atoms with Gasteiger partial charge in [0.05, 0.1) is 0 Å². The maximum absolute atomic E-state index is 9.90. The third kappa shape index (κ3) is 2.57. The Morgan fingerprint density at radius 2 is 1.85 bits per heavy atom. The summed E-state index contributed by atoms with van der Waals surface area (Å²) < 4.78 is 11.9. The highest BCUT2D eigenvalue weighted by Gasteiger charge is 2.56. The summed E-state index contributed by atoms with van der Waals surface area (Å²) in [6, 6.07) is 0. The third-order valence-electron chi connectivity index (χ3n) is 9.27. The zero-order valence-electron chi connectivity index (χ0n) is 17.2. The van der Waals surface area contributed by atoms with Crippen LogP contribution in [0.3, 0.4) is 0 Å². The molecule has 0 saturated heterocycles. The van der Waals surface area contributed by atoms with Crippen molar-refractivity contribution < 1.29 is 14.6 Å². The largest absolute Gasteiger partial charge is 0.396 e. The Kier molecular flexibility index (Phi) is 5.03. The van der Waals surface area contributed by atoms with E-state index in [-0.39, 0.29) is 0 Å². The molecule has 0 radical (unpaired) electrons. The molecule has 2 unspecified atom stereocenters. The fraction of sp³-hybridized carbons (Fsp3) is 0.913. The summed E-state index contributed by atoms with van der Waals surface area (Å²) in [4.78, 5) is 0. The van der Waals surface area contributed by atoms with Gasteiger partial charge in [0.2, 0.25) is 0 Å². The second kappa shape index (κ2) is 6.90. The quantitative estimate of drug-likeness (QED) is 0.569. The number of rotatable bonds is 4.